The van der Waals surface area contributed by atoms with Gasteiger partial charge < -0.3 is 34.4 Å². The van der Waals surface area contributed by atoms with E-state index >= 15 is 0 Å². The Morgan fingerprint density at radius 2 is 1.36 bits per heavy atom. The summed E-state index contributed by atoms with van der Waals surface area (Å²) in [6.45, 7) is 0.919. The van der Waals surface area contributed by atoms with Crippen molar-refractivity contribution in [2.45, 2.75) is 29.7 Å². The molecule has 2 amide bonds. The number of benzene rings is 6. The van der Waals surface area contributed by atoms with E-state index in [0.29, 0.717) is 35.4 Å². The van der Waals surface area contributed by atoms with Gasteiger partial charge in [0.15, 0.2) is 23.7 Å². The third kappa shape index (κ3) is 11.1. The maximum absolute atomic E-state index is 14.7. The molecule has 13 nitrogen and oxygen atoms in total. The van der Waals surface area contributed by atoms with E-state index in [4.69, 9.17) is 40.4 Å². The molecule has 2 aliphatic heterocycles. The van der Waals surface area contributed by atoms with Gasteiger partial charge in [0.2, 0.25) is 0 Å². The molecule has 2 N–H and O–H groups in total. The van der Waals surface area contributed by atoms with Gasteiger partial charge in [0.05, 0.1) is 13.2 Å². The van der Waals surface area contributed by atoms with E-state index in [9.17, 15) is 14.4 Å². The number of β-lactam (4-membered cyclic amide) rings is 1. The number of aromatic nitrogens is 1. The fourth-order valence-corrected chi connectivity index (χ4v) is 10.9. The quantitative estimate of drug-likeness (QED) is 0.00977. The number of carbonyl (C=O) groups is 3. The molecule has 2 aliphatic rings. The highest BCUT2D eigenvalue weighted by Crippen LogP contribution is 2.43. The van der Waals surface area contributed by atoms with Crippen molar-refractivity contribution in [2.24, 2.45) is 5.16 Å². The first kappa shape index (κ1) is 49.7. The molecule has 1 fully saturated rings. The van der Waals surface area contributed by atoms with Crippen molar-refractivity contribution in [1.29, 1.82) is 0 Å². The van der Waals surface area contributed by atoms with Crippen molar-refractivity contribution >= 4 is 63.3 Å². The number of carbonyl (C=O) groups excluding carboxylic acids is 3. The van der Waals surface area contributed by atoms with Crippen LogP contribution in [-0.2, 0) is 45.6 Å². The number of methoxy groups -OCH3 is 1. The Hall–Kier alpha value is -7.27. The monoisotopic (exact) mass is 1020 g/mol. The van der Waals surface area contributed by atoms with E-state index in [1.807, 2.05) is 127 Å². The number of rotatable bonds is 22. The molecule has 0 saturated carbocycles. The van der Waals surface area contributed by atoms with Crippen LogP contribution in [0.4, 0.5) is 5.13 Å². The van der Waals surface area contributed by atoms with E-state index in [1.165, 1.54) is 28.0 Å². The number of alkyl halides is 1. The number of amides is 2. The summed E-state index contributed by atoms with van der Waals surface area (Å²) in [5.41, 5.74) is 4.93. The summed E-state index contributed by atoms with van der Waals surface area (Å²) in [7, 11) is 1.60. The maximum Gasteiger partial charge on any atom is 0.356 e. The highest BCUT2D eigenvalue weighted by Gasteiger charge is 2.55. The minimum absolute atomic E-state index is 0.000208. The second kappa shape index (κ2) is 23.8. The zero-order valence-electron chi connectivity index (χ0n) is 39.1. The standard InChI is InChI=1S/C56H50ClN5O8S2/c1-66-31-32-67-37-68-45-29-27-38(28-30-45)34-69-61-47(46-36-72-55(58-46)60-56(42-21-11-4-12-22-42,43-23-13-5-14-24-43)44-25-15-6-16-26-44)51(63)59-48-52(64)62-49(41(33-57)35-71-53(48)62)54(65)70-50(39-17-7-2-8-18-39)40-19-9-3-10-20-40/h2-30,36,48,50,53H,31-35,37H2,1H3,(H,58,60)(H,59,63)/t48-,53+/m1/s1. The number of thiazole rings is 1. The molecule has 7 aromatic rings. The van der Waals surface area contributed by atoms with Crippen LogP contribution < -0.4 is 15.4 Å². The Morgan fingerprint density at radius 3 is 1.92 bits per heavy atom. The fraction of sp³-hybridized carbons (Fsp3) is 0.196. The number of thioether (sulfide) groups is 1. The van der Waals surface area contributed by atoms with Gasteiger partial charge in [0.25, 0.3) is 11.8 Å². The van der Waals surface area contributed by atoms with Gasteiger partial charge in [-0.05, 0) is 51.1 Å². The van der Waals surface area contributed by atoms with E-state index in [-0.39, 0.29) is 36.4 Å². The molecule has 3 heterocycles. The van der Waals surface area contributed by atoms with Crippen molar-refractivity contribution in [1.82, 2.24) is 15.2 Å². The maximum atomic E-state index is 14.7. The number of oxime groups is 1. The van der Waals surface area contributed by atoms with Gasteiger partial charge in [-0.25, -0.2) is 9.78 Å². The molecule has 9 rings (SSSR count). The number of esters is 1. The van der Waals surface area contributed by atoms with Gasteiger partial charge in [-0.3, -0.25) is 14.5 Å². The van der Waals surface area contributed by atoms with Crippen LogP contribution in [-0.4, -0.2) is 83.5 Å². The first-order valence-electron chi connectivity index (χ1n) is 23.1. The van der Waals surface area contributed by atoms with E-state index in [2.05, 4.69) is 52.2 Å². The normalized spacial score (nSPS) is 15.6. The van der Waals surface area contributed by atoms with Crippen molar-refractivity contribution in [2.75, 3.05) is 44.1 Å². The Bertz CT molecular complexity index is 2850. The minimum Gasteiger partial charge on any atom is -0.468 e. The van der Waals surface area contributed by atoms with Crippen LogP contribution in [0, 0.1) is 0 Å². The number of nitrogens with one attached hydrogen (secondary N) is 2. The van der Waals surface area contributed by atoms with Gasteiger partial charge in [0, 0.05) is 24.1 Å². The molecular formula is C56H50ClN5O8S2. The second-order valence-corrected chi connectivity index (χ2v) is 18.8. The second-order valence-electron chi connectivity index (χ2n) is 16.6. The van der Waals surface area contributed by atoms with Crippen molar-refractivity contribution in [3.8, 4) is 5.75 Å². The first-order valence-corrected chi connectivity index (χ1v) is 25.6. The van der Waals surface area contributed by atoms with Gasteiger partial charge in [-0.2, -0.15) is 0 Å². The van der Waals surface area contributed by atoms with Gasteiger partial charge in [0.1, 0.15) is 40.7 Å². The third-order valence-corrected chi connectivity index (χ3v) is 14.5. The van der Waals surface area contributed by atoms with Crippen LogP contribution in [0.3, 0.4) is 0 Å². The molecule has 6 aromatic carbocycles. The predicted octanol–water partition coefficient (Wildman–Crippen LogP) is 9.69. The SMILES string of the molecule is COCCOCOc1ccc(CON=C(C(=O)N[C@@H]2C(=O)N3C(C(=O)OC(c4ccccc4)c4ccccc4)=C(CCl)CS[C@@H]23)c2csc(NC(c3ccccc3)(c3ccccc3)c3ccccc3)n2)cc1. The first-order chi connectivity index (χ1) is 35.4. The smallest absolute Gasteiger partial charge is 0.356 e. The molecule has 1 aromatic heterocycles. The molecule has 1 saturated heterocycles. The minimum atomic E-state index is -1.03. The van der Waals surface area contributed by atoms with E-state index < -0.39 is 40.8 Å². The zero-order valence-corrected chi connectivity index (χ0v) is 41.5. The van der Waals surface area contributed by atoms with Crippen molar-refractivity contribution in [3.05, 3.63) is 232 Å². The number of fused-ring (bicyclic) bond motifs is 1. The Morgan fingerprint density at radius 1 is 0.792 bits per heavy atom. The summed E-state index contributed by atoms with van der Waals surface area (Å²) in [5, 5.41) is 12.6. The van der Waals surface area contributed by atoms with Crippen molar-refractivity contribution in [3.63, 3.8) is 0 Å². The lowest BCUT2D eigenvalue weighted by atomic mass is 9.77. The Labute approximate surface area is 430 Å². The average molecular weight is 1020 g/mol. The summed E-state index contributed by atoms with van der Waals surface area (Å²) >= 11 is 9.13. The molecule has 0 unspecified atom stereocenters. The summed E-state index contributed by atoms with van der Waals surface area (Å²) in [6.07, 6.45) is -0.754. The van der Waals surface area contributed by atoms with Crippen LogP contribution >= 0.6 is 34.7 Å². The summed E-state index contributed by atoms with van der Waals surface area (Å²) in [6, 6.07) is 55.2. The van der Waals surface area contributed by atoms with Crippen LogP contribution in [0.2, 0.25) is 0 Å². The molecular weight excluding hydrogens is 970 g/mol. The van der Waals surface area contributed by atoms with E-state index in [1.54, 1.807) is 24.6 Å². The number of hydrogen-bond acceptors (Lipinski definition) is 13. The van der Waals surface area contributed by atoms with Crippen molar-refractivity contribution < 1.29 is 38.2 Å². The van der Waals surface area contributed by atoms with Gasteiger partial charge in [-0.15, -0.1) is 34.7 Å². The van der Waals surface area contributed by atoms with Gasteiger partial charge >= 0.3 is 5.97 Å². The average Bonchev–Trinajstić information content (AvgIpc) is 3.90. The summed E-state index contributed by atoms with van der Waals surface area (Å²) < 4.78 is 22.3. The third-order valence-electron chi connectivity index (χ3n) is 12.0. The molecule has 0 radical (unpaired) electrons. The van der Waals surface area contributed by atoms with Gasteiger partial charge in [-0.1, -0.05) is 169 Å². The predicted molar refractivity (Wildman–Crippen MR) is 280 cm³/mol. The topological polar surface area (TPSA) is 150 Å². The van der Waals surface area contributed by atoms with Crippen LogP contribution in [0.1, 0.15) is 45.2 Å². The Balaban J connectivity index is 0.986. The molecule has 2 atom stereocenters. The number of hydrogen-bond donors (Lipinski definition) is 2. The molecule has 72 heavy (non-hydrogen) atoms. The molecule has 0 bridgehead atoms. The highest BCUT2D eigenvalue weighted by molar-refractivity contribution is 8.00. The highest BCUT2D eigenvalue weighted by atomic mass is 35.5. The van der Waals surface area contributed by atoms with Crippen LogP contribution in [0.15, 0.2) is 198 Å². The lowest BCUT2D eigenvalue weighted by Crippen LogP contribution is -2.71. The largest absolute Gasteiger partial charge is 0.468 e. The molecule has 0 spiro atoms. The zero-order chi connectivity index (χ0) is 49.7. The number of anilines is 1. The van der Waals surface area contributed by atoms with E-state index in [0.717, 1.165) is 33.4 Å². The fourth-order valence-electron chi connectivity index (χ4n) is 8.48. The Kier molecular flexibility index (Phi) is 16.4. The molecule has 0 aliphatic carbocycles. The molecule has 366 valence electrons. The number of halogens is 1. The summed E-state index contributed by atoms with van der Waals surface area (Å²) in [4.78, 5) is 55.5. The number of nitrogens with zero attached hydrogens (tertiary/aromatic N) is 3. The number of ether oxygens (including phenoxy) is 4. The lowest BCUT2D eigenvalue weighted by Gasteiger charge is -2.49. The summed E-state index contributed by atoms with van der Waals surface area (Å²) in [5.74, 6) is -0.976. The van der Waals surface area contributed by atoms with Crippen LogP contribution in [0.5, 0.6) is 5.75 Å². The lowest BCUT2D eigenvalue weighted by molar-refractivity contribution is -0.154. The molecule has 16 heteroatoms. The van der Waals surface area contributed by atoms with Crippen LogP contribution in [0.25, 0.3) is 0 Å².